The molecule has 3 amide bonds. The van der Waals surface area contributed by atoms with Crippen LogP contribution in [0.4, 0.5) is 11.4 Å². The maximum absolute atomic E-state index is 12.5. The molecule has 29 heavy (non-hydrogen) atoms. The summed E-state index contributed by atoms with van der Waals surface area (Å²) in [5, 5.41) is 2.71. The average molecular weight is 394 g/mol. The minimum atomic E-state index is -0.616. The highest BCUT2D eigenvalue weighted by Gasteiger charge is 2.26. The van der Waals surface area contributed by atoms with E-state index in [9.17, 15) is 14.4 Å². The van der Waals surface area contributed by atoms with Crippen molar-refractivity contribution in [2.75, 3.05) is 36.4 Å². The zero-order valence-corrected chi connectivity index (χ0v) is 16.8. The fraction of sp³-hybridized carbons (Fsp3) is 0.318. The number of rotatable bonds is 4. The summed E-state index contributed by atoms with van der Waals surface area (Å²) in [4.78, 5) is 39.8. The second kappa shape index (κ2) is 8.77. The number of primary amides is 1. The third-order valence-corrected chi connectivity index (χ3v) is 5.27. The van der Waals surface area contributed by atoms with E-state index in [0.717, 1.165) is 23.2 Å². The summed E-state index contributed by atoms with van der Waals surface area (Å²) in [6.45, 7) is 6.21. The van der Waals surface area contributed by atoms with E-state index in [4.69, 9.17) is 5.73 Å². The Labute approximate surface area is 170 Å². The number of nitrogens with one attached hydrogen (secondary N) is 1. The summed E-state index contributed by atoms with van der Waals surface area (Å²) < 4.78 is 0. The van der Waals surface area contributed by atoms with Crippen molar-refractivity contribution in [2.45, 2.75) is 20.3 Å². The van der Waals surface area contributed by atoms with Crippen LogP contribution >= 0.6 is 0 Å². The molecular formula is C22H26N4O3. The van der Waals surface area contributed by atoms with Crippen LogP contribution in [0.25, 0.3) is 0 Å². The lowest BCUT2D eigenvalue weighted by Gasteiger charge is -2.35. The van der Waals surface area contributed by atoms with E-state index in [1.165, 1.54) is 0 Å². The Morgan fingerprint density at radius 3 is 2.24 bits per heavy atom. The van der Waals surface area contributed by atoms with Crippen molar-refractivity contribution >= 4 is 29.1 Å². The number of aryl methyl sites for hydroxylation is 2. The molecule has 1 fully saturated rings. The molecule has 0 spiro atoms. The molecule has 0 radical (unpaired) electrons. The number of nitrogens with two attached hydrogens (primary N) is 1. The number of carbonyl (C=O) groups is 3. The van der Waals surface area contributed by atoms with Crippen LogP contribution in [0.3, 0.4) is 0 Å². The molecule has 1 heterocycles. The fourth-order valence-corrected chi connectivity index (χ4v) is 3.46. The SMILES string of the molecule is CCc1cc(NC(=O)C(=O)N2CCN(c3ccc(C(N)=O)cc3)CC2)ccc1C. The molecule has 0 aromatic heterocycles. The van der Waals surface area contributed by atoms with Gasteiger partial charge in [0.25, 0.3) is 0 Å². The molecule has 0 unspecified atom stereocenters. The Bertz CT molecular complexity index is 916. The van der Waals surface area contributed by atoms with Crippen LogP contribution in [0, 0.1) is 6.92 Å². The van der Waals surface area contributed by atoms with Crippen molar-refractivity contribution in [2.24, 2.45) is 5.73 Å². The van der Waals surface area contributed by atoms with Gasteiger partial charge >= 0.3 is 11.8 Å². The summed E-state index contributed by atoms with van der Waals surface area (Å²) in [7, 11) is 0. The van der Waals surface area contributed by atoms with Gasteiger partial charge in [-0.05, 0) is 60.9 Å². The smallest absolute Gasteiger partial charge is 0.313 e. The highest BCUT2D eigenvalue weighted by molar-refractivity contribution is 6.39. The Hall–Kier alpha value is -3.35. The first-order chi connectivity index (χ1) is 13.9. The van der Waals surface area contributed by atoms with Crippen LogP contribution in [0.1, 0.15) is 28.4 Å². The quantitative estimate of drug-likeness (QED) is 0.775. The van der Waals surface area contributed by atoms with Crippen LogP contribution < -0.4 is 16.0 Å². The molecule has 3 rings (SSSR count). The number of hydrogen-bond acceptors (Lipinski definition) is 4. The van der Waals surface area contributed by atoms with Crippen LogP contribution in [-0.4, -0.2) is 48.8 Å². The highest BCUT2D eigenvalue weighted by Crippen LogP contribution is 2.18. The van der Waals surface area contributed by atoms with Crippen LogP contribution in [0.15, 0.2) is 42.5 Å². The Morgan fingerprint density at radius 2 is 1.66 bits per heavy atom. The molecular weight excluding hydrogens is 368 g/mol. The number of amides is 3. The van der Waals surface area contributed by atoms with E-state index >= 15 is 0 Å². The van der Waals surface area contributed by atoms with Gasteiger partial charge in [-0.1, -0.05) is 13.0 Å². The fourth-order valence-electron chi connectivity index (χ4n) is 3.46. The van der Waals surface area contributed by atoms with E-state index < -0.39 is 17.7 Å². The molecule has 7 heteroatoms. The van der Waals surface area contributed by atoms with Gasteiger partial charge in [0.2, 0.25) is 5.91 Å². The van der Waals surface area contributed by atoms with Gasteiger partial charge in [0, 0.05) is 43.1 Å². The van der Waals surface area contributed by atoms with Gasteiger partial charge in [0.05, 0.1) is 0 Å². The highest BCUT2D eigenvalue weighted by atomic mass is 16.2. The minimum Gasteiger partial charge on any atom is -0.368 e. The van der Waals surface area contributed by atoms with E-state index in [-0.39, 0.29) is 0 Å². The molecule has 1 aliphatic heterocycles. The Morgan fingerprint density at radius 1 is 1.00 bits per heavy atom. The van der Waals surface area contributed by atoms with E-state index in [0.29, 0.717) is 37.4 Å². The first-order valence-corrected chi connectivity index (χ1v) is 9.73. The van der Waals surface area contributed by atoms with Gasteiger partial charge in [-0.3, -0.25) is 14.4 Å². The maximum Gasteiger partial charge on any atom is 0.313 e. The second-order valence-electron chi connectivity index (χ2n) is 7.14. The molecule has 1 aliphatic rings. The first kappa shape index (κ1) is 20.4. The third kappa shape index (κ3) is 4.74. The maximum atomic E-state index is 12.5. The van der Waals surface area contributed by atoms with Crippen LogP contribution in [-0.2, 0) is 16.0 Å². The number of nitrogens with zero attached hydrogens (tertiary/aromatic N) is 2. The summed E-state index contributed by atoms with van der Waals surface area (Å²) in [6.07, 6.45) is 0.867. The predicted molar refractivity (Wildman–Crippen MR) is 113 cm³/mol. The lowest BCUT2D eigenvalue weighted by Crippen LogP contribution is -2.51. The first-order valence-electron chi connectivity index (χ1n) is 9.73. The van der Waals surface area contributed by atoms with Crippen molar-refractivity contribution in [1.29, 1.82) is 0 Å². The van der Waals surface area contributed by atoms with Crippen molar-refractivity contribution < 1.29 is 14.4 Å². The number of anilines is 2. The lowest BCUT2D eigenvalue weighted by atomic mass is 10.1. The van der Waals surface area contributed by atoms with Crippen LogP contribution in [0.2, 0.25) is 0 Å². The summed E-state index contributed by atoms with van der Waals surface area (Å²) in [5.74, 6) is -1.60. The lowest BCUT2D eigenvalue weighted by molar-refractivity contribution is -0.143. The second-order valence-corrected chi connectivity index (χ2v) is 7.14. The molecule has 0 bridgehead atoms. The van der Waals surface area contributed by atoms with Crippen molar-refractivity contribution in [3.63, 3.8) is 0 Å². The van der Waals surface area contributed by atoms with Crippen molar-refractivity contribution in [3.8, 4) is 0 Å². The average Bonchev–Trinajstić information content (AvgIpc) is 2.74. The monoisotopic (exact) mass is 394 g/mol. The summed E-state index contributed by atoms with van der Waals surface area (Å²) in [5.41, 5.74) is 9.63. The van der Waals surface area contributed by atoms with Crippen molar-refractivity contribution in [1.82, 2.24) is 4.90 Å². The molecule has 7 nitrogen and oxygen atoms in total. The van der Waals surface area contributed by atoms with Gasteiger partial charge < -0.3 is 20.9 Å². The van der Waals surface area contributed by atoms with E-state index in [1.807, 2.05) is 37.3 Å². The van der Waals surface area contributed by atoms with Crippen LogP contribution in [0.5, 0.6) is 0 Å². The number of carbonyl (C=O) groups excluding carboxylic acids is 3. The standard InChI is InChI=1S/C22H26N4O3/c1-3-16-14-18(7-4-15(16)2)24-21(28)22(29)26-12-10-25(11-13-26)19-8-5-17(6-9-19)20(23)27/h4-9,14H,3,10-13H2,1-2H3,(H2,23,27)(H,24,28). The number of piperazine rings is 1. The van der Waals surface area contributed by atoms with E-state index in [2.05, 4.69) is 17.1 Å². The zero-order chi connectivity index (χ0) is 21.0. The topological polar surface area (TPSA) is 95.7 Å². The third-order valence-electron chi connectivity index (χ3n) is 5.27. The molecule has 2 aromatic rings. The number of hydrogen-bond donors (Lipinski definition) is 2. The molecule has 152 valence electrons. The van der Waals surface area contributed by atoms with Gasteiger partial charge in [-0.2, -0.15) is 0 Å². The molecule has 0 aliphatic carbocycles. The molecule has 2 aromatic carbocycles. The molecule has 1 saturated heterocycles. The zero-order valence-electron chi connectivity index (χ0n) is 16.8. The Balaban J connectivity index is 1.56. The number of benzene rings is 2. The van der Waals surface area contributed by atoms with Gasteiger partial charge in [0.15, 0.2) is 0 Å². The summed E-state index contributed by atoms with van der Waals surface area (Å²) >= 11 is 0. The minimum absolute atomic E-state index is 0.456. The van der Waals surface area contributed by atoms with Gasteiger partial charge in [-0.15, -0.1) is 0 Å². The molecule has 3 N–H and O–H groups in total. The predicted octanol–water partition coefficient (Wildman–Crippen LogP) is 1.94. The molecule has 0 atom stereocenters. The van der Waals surface area contributed by atoms with Crippen molar-refractivity contribution in [3.05, 3.63) is 59.2 Å². The summed E-state index contributed by atoms with van der Waals surface area (Å²) in [6, 6.07) is 12.7. The Kier molecular flexibility index (Phi) is 6.16. The van der Waals surface area contributed by atoms with Gasteiger partial charge in [-0.25, -0.2) is 0 Å². The molecule has 0 saturated carbocycles. The van der Waals surface area contributed by atoms with Gasteiger partial charge in [0.1, 0.15) is 0 Å². The van der Waals surface area contributed by atoms with E-state index in [1.54, 1.807) is 17.0 Å². The largest absolute Gasteiger partial charge is 0.368 e. The normalized spacial score (nSPS) is 13.9.